The molecule has 19 heavy (non-hydrogen) atoms. The minimum absolute atomic E-state index is 0.481. The largest absolute Gasteiger partial charge is 0.351 e. The third kappa shape index (κ3) is 3.09. The van der Waals surface area contributed by atoms with Crippen molar-refractivity contribution in [1.82, 2.24) is 10.2 Å². The van der Waals surface area contributed by atoms with Crippen molar-refractivity contribution in [2.45, 2.75) is 26.9 Å². The maximum absolute atomic E-state index is 5.77. The molecule has 1 aromatic carbocycles. The first-order valence-corrected chi connectivity index (χ1v) is 6.56. The van der Waals surface area contributed by atoms with Gasteiger partial charge in [-0.2, -0.15) is 5.10 Å². The molecular formula is C15H20N4. The SMILES string of the molecule is CCN(Cc1ccccc1C)c1nnccc1CN. The van der Waals surface area contributed by atoms with Crippen LogP contribution in [0.1, 0.15) is 23.6 Å². The van der Waals surface area contributed by atoms with Gasteiger partial charge in [-0.25, -0.2) is 0 Å². The highest BCUT2D eigenvalue weighted by Gasteiger charge is 2.12. The Hall–Kier alpha value is -1.94. The van der Waals surface area contributed by atoms with Gasteiger partial charge in [0.15, 0.2) is 5.82 Å². The smallest absolute Gasteiger partial charge is 0.156 e. The van der Waals surface area contributed by atoms with Gasteiger partial charge in [0.25, 0.3) is 0 Å². The van der Waals surface area contributed by atoms with Crippen LogP contribution in [-0.2, 0) is 13.1 Å². The summed E-state index contributed by atoms with van der Waals surface area (Å²) in [6.07, 6.45) is 1.69. The Balaban J connectivity index is 2.28. The number of anilines is 1. The second-order valence-electron chi connectivity index (χ2n) is 4.52. The molecule has 0 aliphatic rings. The van der Waals surface area contributed by atoms with E-state index in [1.54, 1.807) is 6.20 Å². The molecule has 2 aromatic rings. The summed E-state index contributed by atoms with van der Waals surface area (Å²) in [4.78, 5) is 2.21. The third-order valence-corrected chi connectivity index (χ3v) is 3.31. The number of hydrogen-bond donors (Lipinski definition) is 1. The van der Waals surface area contributed by atoms with E-state index in [2.05, 4.69) is 53.2 Å². The van der Waals surface area contributed by atoms with Crippen molar-refractivity contribution >= 4 is 5.82 Å². The Morgan fingerprint density at radius 2 is 1.95 bits per heavy atom. The average Bonchev–Trinajstić information content (AvgIpc) is 2.46. The Kier molecular flexibility index (Phi) is 4.47. The van der Waals surface area contributed by atoms with Crippen molar-refractivity contribution in [1.29, 1.82) is 0 Å². The van der Waals surface area contributed by atoms with Crippen molar-refractivity contribution in [3.05, 3.63) is 53.2 Å². The molecule has 0 bridgehead atoms. The van der Waals surface area contributed by atoms with Crippen molar-refractivity contribution in [3.8, 4) is 0 Å². The molecule has 4 nitrogen and oxygen atoms in total. The van der Waals surface area contributed by atoms with Crippen LogP contribution in [0.2, 0.25) is 0 Å². The molecule has 0 radical (unpaired) electrons. The zero-order valence-electron chi connectivity index (χ0n) is 11.5. The summed E-state index contributed by atoms with van der Waals surface area (Å²) in [6.45, 7) is 6.43. The lowest BCUT2D eigenvalue weighted by Gasteiger charge is -2.24. The molecule has 0 amide bonds. The zero-order valence-corrected chi connectivity index (χ0v) is 11.5. The molecule has 1 heterocycles. The Bertz CT molecular complexity index is 539. The third-order valence-electron chi connectivity index (χ3n) is 3.31. The van der Waals surface area contributed by atoms with Crippen LogP contribution in [-0.4, -0.2) is 16.7 Å². The molecule has 100 valence electrons. The fourth-order valence-corrected chi connectivity index (χ4v) is 2.11. The molecule has 1 aromatic heterocycles. The van der Waals surface area contributed by atoms with Crippen LogP contribution in [0, 0.1) is 6.92 Å². The van der Waals surface area contributed by atoms with Crippen molar-refractivity contribution in [2.75, 3.05) is 11.4 Å². The van der Waals surface area contributed by atoms with Gasteiger partial charge >= 0.3 is 0 Å². The van der Waals surface area contributed by atoms with Gasteiger partial charge in [-0.05, 0) is 31.0 Å². The van der Waals surface area contributed by atoms with Gasteiger partial charge in [-0.3, -0.25) is 0 Å². The van der Waals surface area contributed by atoms with E-state index in [-0.39, 0.29) is 0 Å². The van der Waals surface area contributed by atoms with Crippen LogP contribution in [0.5, 0.6) is 0 Å². The maximum Gasteiger partial charge on any atom is 0.156 e. The van der Waals surface area contributed by atoms with E-state index >= 15 is 0 Å². The van der Waals surface area contributed by atoms with Crippen LogP contribution in [0.15, 0.2) is 36.5 Å². The van der Waals surface area contributed by atoms with E-state index in [0.29, 0.717) is 6.54 Å². The van der Waals surface area contributed by atoms with E-state index in [9.17, 15) is 0 Å². The Morgan fingerprint density at radius 3 is 2.63 bits per heavy atom. The Labute approximate surface area is 114 Å². The van der Waals surface area contributed by atoms with E-state index in [4.69, 9.17) is 5.73 Å². The van der Waals surface area contributed by atoms with E-state index in [1.807, 2.05) is 6.07 Å². The first kappa shape index (κ1) is 13.5. The molecule has 0 fully saturated rings. The number of nitrogens with two attached hydrogens (primary N) is 1. The normalized spacial score (nSPS) is 10.5. The summed E-state index contributed by atoms with van der Waals surface area (Å²) in [7, 11) is 0. The van der Waals surface area contributed by atoms with E-state index < -0.39 is 0 Å². The minimum atomic E-state index is 0.481. The van der Waals surface area contributed by atoms with Gasteiger partial charge in [0.1, 0.15) is 0 Å². The standard InChI is InChI=1S/C15H20N4/c1-3-19(11-14-7-5-4-6-12(14)2)15-13(10-16)8-9-17-18-15/h4-9H,3,10-11,16H2,1-2H3. The van der Waals surface area contributed by atoms with Crippen LogP contribution >= 0.6 is 0 Å². The molecular weight excluding hydrogens is 236 g/mol. The van der Waals surface area contributed by atoms with Crippen LogP contribution in [0.3, 0.4) is 0 Å². The van der Waals surface area contributed by atoms with Gasteiger partial charge < -0.3 is 10.6 Å². The summed E-state index contributed by atoms with van der Waals surface area (Å²) in [6, 6.07) is 10.3. The molecule has 4 heteroatoms. The topological polar surface area (TPSA) is 55.0 Å². The number of nitrogens with zero attached hydrogens (tertiary/aromatic N) is 3. The highest BCUT2D eigenvalue weighted by Crippen LogP contribution is 2.19. The highest BCUT2D eigenvalue weighted by molar-refractivity contribution is 5.46. The van der Waals surface area contributed by atoms with E-state index in [0.717, 1.165) is 24.5 Å². The fraction of sp³-hybridized carbons (Fsp3) is 0.333. The first-order valence-electron chi connectivity index (χ1n) is 6.56. The van der Waals surface area contributed by atoms with E-state index in [1.165, 1.54) is 11.1 Å². The maximum atomic E-state index is 5.77. The molecule has 0 unspecified atom stereocenters. The second kappa shape index (κ2) is 6.29. The van der Waals surface area contributed by atoms with Crippen molar-refractivity contribution in [2.24, 2.45) is 5.73 Å². The lowest BCUT2D eigenvalue weighted by atomic mass is 10.1. The fourth-order valence-electron chi connectivity index (χ4n) is 2.11. The van der Waals surface area contributed by atoms with Crippen molar-refractivity contribution in [3.63, 3.8) is 0 Å². The van der Waals surface area contributed by atoms with Gasteiger partial charge in [0.2, 0.25) is 0 Å². The number of benzene rings is 1. The highest BCUT2D eigenvalue weighted by atomic mass is 15.3. The number of aryl methyl sites for hydroxylation is 1. The monoisotopic (exact) mass is 256 g/mol. The molecule has 0 saturated heterocycles. The van der Waals surface area contributed by atoms with Crippen LogP contribution < -0.4 is 10.6 Å². The summed E-state index contributed by atoms with van der Waals surface area (Å²) in [5.74, 6) is 0.885. The van der Waals surface area contributed by atoms with Gasteiger partial charge in [-0.1, -0.05) is 24.3 Å². The van der Waals surface area contributed by atoms with Gasteiger partial charge in [0, 0.05) is 25.2 Å². The van der Waals surface area contributed by atoms with Crippen LogP contribution in [0.25, 0.3) is 0 Å². The molecule has 0 spiro atoms. The molecule has 0 saturated carbocycles. The quantitative estimate of drug-likeness (QED) is 0.891. The average molecular weight is 256 g/mol. The van der Waals surface area contributed by atoms with Crippen LogP contribution in [0.4, 0.5) is 5.82 Å². The predicted octanol–water partition coefficient (Wildman–Crippen LogP) is 2.27. The second-order valence-corrected chi connectivity index (χ2v) is 4.52. The number of rotatable bonds is 5. The summed E-state index contributed by atoms with van der Waals surface area (Å²) in [5, 5.41) is 8.22. The lowest BCUT2D eigenvalue weighted by molar-refractivity contribution is 0.779. The molecule has 2 N–H and O–H groups in total. The minimum Gasteiger partial charge on any atom is -0.351 e. The number of hydrogen-bond acceptors (Lipinski definition) is 4. The van der Waals surface area contributed by atoms with Gasteiger partial charge in [0.05, 0.1) is 6.20 Å². The summed E-state index contributed by atoms with van der Waals surface area (Å²) in [5.41, 5.74) is 9.40. The lowest BCUT2D eigenvalue weighted by Crippen LogP contribution is -2.25. The zero-order chi connectivity index (χ0) is 13.7. The first-order chi connectivity index (χ1) is 9.26. The Morgan fingerprint density at radius 1 is 1.16 bits per heavy atom. The summed E-state index contributed by atoms with van der Waals surface area (Å²) < 4.78 is 0. The molecule has 0 aliphatic heterocycles. The van der Waals surface area contributed by atoms with Crippen molar-refractivity contribution < 1.29 is 0 Å². The molecule has 0 aliphatic carbocycles. The number of aromatic nitrogens is 2. The summed E-state index contributed by atoms with van der Waals surface area (Å²) >= 11 is 0. The molecule has 2 rings (SSSR count). The van der Waals surface area contributed by atoms with Gasteiger partial charge in [-0.15, -0.1) is 5.10 Å². The predicted molar refractivity (Wildman–Crippen MR) is 77.8 cm³/mol. The molecule has 0 atom stereocenters.